The van der Waals surface area contributed by atoms with E-state index in [-0.39, 0.29) is 13.0 Å². The number of rotatable bonds is 2. The number of pyridine rings is 1. The van der Waals surface area contributed by atoms with Gasteiger partial charge in [-0.15, -0.1) is 0 Å². The first-order valence-corrected chi connectivity index (χ1v) is 11.5. The lowest BCUT2D eigenvalue weighted by Gasteiger charge is -2.31. The minimum atomic E-state index is -1.09. The molecule has 0 saturated carbocycles. The van der Waals surface area contributed by atoms with Gasteiger partial charge in [0.05, 0.1) is 25.8 Å². The number of H-pyrrole nitrogens is 1. The van der Waals surface area contributed by atoms with Crippen molar-refractivity contribution in [3.8, 4) is 11.1 Å². The fourth-order valence-electron chi connectivity index (χ4n) is 4.87. The van der Waals surface area contributed by atoms with Crippen LogP contribution in [0.25, 0.3) is 22.2 Å². The van der Waals surface area contributed by atoms with E-state index in [0.717, 1.165) is 45.3 Å². The van der Waals surface area contributed by atoms with Gasteiger partial charge in [-0.25, -0.2) is 14.2 Å². The summed E-state index contributed by atoms with van der Waals surface area (Å²) >= 11 is 0. The number of nitrogens with zero attached hydrogens (tertiary/aromatic N) is 2. The Kier molecular flexibility index (Phi) is 5.40. The lowest BCUT2D eigenvalue weighted by molar-refractivity contribution is 0.0213. The van der Waals surface area contributed by atoms with Crippen molar-refractivity contribution in [2.24, 2.45) is 0 Å². The molecule has 1 amide bonds. The van der Waals surface area contributed by atoms with E-state index in [9.17, 15) is 9.18 Å². The number of carbonyl (C=O) groups excluding carboxylic acids is 1. The second kappa shape index (κ2) is 8.13. The highest BCUT2D eigenvalue weighted by Gasteiger charge is 2.40. The molecule has 7 heteroatoms. The van der Waals surface area contributed by atoms with Crippen molar-refractivity contribution < 1.29 is 18.7 Å². The highest BCUT2D eigenvalue weighted by atomic mass is 19.1. The maximum Gasteiger partial charge on any atom is 0.410 e. The number of alkyl halides is 1. The molecule has 5 rings (SSSR count). The van der Waals surface area contributed by atoms with Gasteiger partial charge in [0.25, 0.3) is 0 Å². The van der Waals surface area contributed by atoms with E-state index in [1.165, 1.54) is 5.56 Å². The lowest BCUT2D eigenvalue weighted by Crippen LogP contribution is -2.37. The van der Waals surface area contributed by atoms with Crippen LogP contribution >= 0.6 is 0 Å². The Hall–Kier alpha value is -2.93. The van der Waals surface area contributed by atoms with Crippen LogP contribution in [0, 0.1) is 6.92 Å². The van der Waals surface area contributed by atoms with Gasteiger partial charge in [-0.1, -0.05) is 6.07 Å². The molecule has 1 aromatic carbocycles. The normalized spacial score (nSPS) is 20.8. The van der Waals surface area contributed by atoms with E-state index in [2.05, 4.69) is 35.1 Å². The molecule has 0 bridgehead atoms. The van der Waals surface area contributed by atoms with E-state index >= 15 is 0 Å². The second-order valence-electron chi connectivity index (χ2n) is 10.1. The number of likely N-dealkylation sites (tertiary alicyclic amines) is 1. The van der Waals surface area contributed by atoms with Crippen molar-refractivity contribution >= 4 is 17.1 Å². The molecule has 0 aliphatic carbocycles. The summed E-state index contributed by atoms with van der Waals surface area (Å²) in [4.78, 5) is 22.3. The Labute approximate surface area is 193 Å². The second-order valence-corrected chi connectivity index (χ2v) is 10.1. The number of hydrogen-bond donors (Lipinski definition) is 1. The van der Waals surface area contributed by atoms with Crippen molar-refractivity contribution in [3.05, 3.63) is 52.8 Å². The van der Waals surface area contributed by atoms with Crippen LogP contribution in [0.1, 0.15) is 55.5 Å². The third kappa shape index (κ3) is 4.22. The third-order valence-electron chi connectivity index (χ3n) is 6.45. The molecule has 1 N–H and O–H groups in total. The van der Waals surface area contributed by atoms with Gasteiger partial charge in [-0.05, 0) is 74.1 Å². The number of carbonyl (C=O) groups is 1. The fraction of sp³-hybridized carbons (Fsp3) is 0.462. The Morgan fingerprint density at radius 3 is 2.88 bits per heavy atom. The predicted octanol–water partition coefficient (Wildman–Crippen LogP) is 5.63. The minimum absolute atomic E-state index is 0.0372. The van der Waals surface area contributed by atoms with Gasteiger partial charge in [0.15, 0.2) is 0 Å². The zero-order valence-electron chi connectivity index (χ0n) is 19.6. The number of aryl methyl sites for hydroxylation is 1. The Morgan fingerprint density at radius 2 is 2.09 bits per heavy atom. The molecule has 0 radical (unpaired) electrons. The number of nitrogens with one attached hydrogen (secondary N) is 1. The van der Waals surface area contributed by atoms with Gasteiger partial charge < -0.3 is 14.5 Å². The number of aromatic nitrogens is 2. The van der Waals surface area contributed by atoms with Gasteiger partial charge in [-0.2, -0.15) is 0 Å². The Bertz CT molecular complexity index is 1210. The van der Waals surface area contributed by atoms with Crippen LogP contribution in [0.5, 0.6) is 0 Å². The van der Waals surface area contributed by atoms with Crippen LogP contribution in [0.4, 0.5) is 9.18 Å². The summed E-state index contributed by atoms with van der Waals surface area (Å²) in [6, 6.07) is 6.01. The summed E-state index contributed by atoms with van der Waals surface area (Å²) in [6.07, 6.45) is 3.29. The highest BCUT2D eigenvalue weighted by Crippen LogP contribution is 2.41. The molecule has 2 aliphatic rings. The standard InChI is InChI=1S/C26H30FN3O3/c1-15-11-28-24-20(15)9-18(12-29-24)17-7-16-5-6-32-14-22(16)21(8-17)23-10-19(27)13-30(23)25(31)33-26(2,3)4/h7-9,11-12,19,23H,5-6,10,13-14H2,1-4H3,(H,28,29). The smallest absolute Gasteiger partial charge is 0.410 e. The summed E-state index contributed by atoms with van der Waals surface area (Å²) < 4.78 is 26.0. The van der Waals surface area contributed by atoms with Crippen LogP contribution in [0.15, 0.2) is 30.6 Å². The Morgan fingerprint density at radius 1 is 1.27 bits per heavy atom. The number of fused-ring (bicyclic) bond motifs is 2. The van der Waals surface area contributed by atoms with E-state index in [1.54, 1.807) is 4.90 Å². The number of halogens is 1. The van der Waals surface area contributed by atoms with Crippen molar-refractivity contribution in [1.29, 1.82) is 0 Å². The maximum atomic E-state index is 14.6. The molecule has 0 spiro atoms. The summed E-state index contributed by atoms with van der Waals surface area (Å²) in [5.74, 6) is 0. The zero-order valence-corrected chi connectivity index (χ0v) is 19.6. The summed E-state index contributed by atoms with van der Waals surface area (Å²) in [7, 11) is 0. The molecule has 2 atom stereocenters. The minimum Gasteiger partial charge on any atom is -0.444 e. The molecule has 1 fully saturated rings. The summed E-state index contributed by atoms with van der Waals surface area (Å²) in [6.45, 7) is 8.68. The molecule has 2 aliphatic heterocycles. The molecule has 4 heterocycles. The monoisotopic (exact) mass is 451 g/mol. The van der Waals surface area contributed by atoms with Crippen LogP contribution in [0.2, 0.25) is 0 Å². The zero-order chi connectivity index (χ0) is 23.3. The maximum absolute atomic E-state index is 14.6. The van der Waals surface area contributed by atoms with Gasteiger partial charge in [0.2, 0.25) is 0 Å². The fourth-order valence-corrected chi connectivity index (χ4v) is 4.87. The van der Waals surface area contributed by atoms with Crippen molar-refractivity contribution in [2.45, 2.75) is 65.0 Å². The van der Waals surface area contributed by atoms with Gasteiger partial charge in [0, 0.05) is 29.8 Å². The number of amides is 1. The first-order chi connectivity index (χ1) is 15.7. The van der Waals surface area contributed by atoms with Crippen molar-refractivity contribution in [2.75, 3.05) is 13.2 Å². The topological polar surface area (TPSA) is 67.5 Å². The molecule has 2 aromatic heterocycles. The number of aromatic amines is 1. The quantitative estimate of drug-likeness (QED) is 0.548. The molecular weight excluding hydrogens is 421 g/mol. The number of benzene rings is 1. The third-order valence-corrected chi connectivity index (χ3v) is 6.45. The van der Waals surface area contributed by atoms with Gasteiger partial charge in [-0.3, -0.25) is 4.90 Å². The molecule has 33 heavy (non-hydrogen) atoms. The lowest BCUT2D eigenvalue weighted by atomic mass is 9.88. The average molecular weight is 452 g/mol. The van der Waals surface area contributed by atoms with Gasteiger partial charge in [0.1, 0.15) is 17.4 Å². The van der Waals surface area contributed by atoms with E-state index in [4.69, 9.17) is 9.47 Å². The molecule has 1 saturated heterocycles. The van der Waals surface area contributed by atoms with Crippen molar-refractivity contribution in [3.63, 3.8) is 0 Å². The van der Waals surface area contributed by atoms with E-state index in [1.807, 2.05) is 33.2 Å². The average Bonchev–Trinajstić information content (AvgIpc) is 3.34. The first-order valence-electron chi connectivity index (χ1n) is 11.5. The predicted molar refractivity (Wildman–Crippen MR) is 125 cm³/mol. The van der Waals surface area contributed by atoms with Crippen molar-refractivity contribution in [1.82, 2.24) is 14.9 Å². The highest BCUT2D eigenvalue weighted by molar-refractivity contribution is 5.84. The van der Waals surface area contributed by atoms with Gasteiger partial charge >= 0.3 is 6.09 Å². The number of ether oxygens (including phenoxy) is 2. The first kappa shape index (κ1) is 21.9. The molecule has 3 aromatic rings. The Balaban J connectivity index is 1.60. The molecular formula is C26H30FN3O3. The van der Waals surface area contributed by atoms with Crippen LogP contribution in [-0.2, 0) is 22.5 Å². The number of hydrogen-bond acceptors (Lipinski definition) is 4. The molecule has 2 unspecified atom stereocenters. The largest absolute Gasteiger partial charge is 0.444 e. The molecule has 174 valence electrons. The van der Waals surface area contributed by atoms with E-state index < -0.39 is 23.9 Å². The SMILES string of the molecule is Cc1c[nH]c2ncc(-c3cc4c(c(C5CC(F)CN5C(=O)OC(C)(C)C)c3)COCC4)cc12. The molecule has 6 nitrogen and oxygen atoms in total. The van der Waals surface area contributed by atoms with Crippen LogP contribution in [-0.4, -0.2) is 45.9 Å². The summed E-state index contributed by atoms with van der Waals surface area (Å²) in [5.41, 5.74) is 6.56. The van der Waals surface area contributed by atoms with Crippen LogP contribution in [0.3, 0.4) is 0 Å². The van der Waals surface area contributed by atoms with Crippen LogP contribution < -0.4 is 0 Å². The van der Waals surface area contributed by atoms with E-state index in [0.29, 0.717) is 13.2 Å². The summed E-state index contributed by atoms with van der Waals surface area (Å²) in [5, 5.41) is 1.08.